The number of amides is 2. The molecule has 2 rings (SSSR count). The van der Waals surface area contributed by atoms with E-state index in [2.05, 4.69) is 5.32 Å². The van der Waals surface area contributed by atoms with Crippen LogP contribution in [-0.4, -0.2) is 28.8 Å². The maximum absolute atomic E-state index is 13.1. The molecule has 0 radical (unpaired) electrons. The van der Waals surface area contributed by atoms with Gasteiger partial charge in [0, 0.05) is 17.6 Å². The fraction of sp³-hybridized carbons (Fsp3) is 0.364. The highest BCUT2D eigenvalue weighted by molar-refractivity contribution is 6.30. The first kappa shape index (κ1) is 21.0. The van der Waals surface area contributed by atoms with Crippen molar-refractivity contribution in [2.24, 2.45) is 0 Å². The molecule has 144 valence electrons. The molecule has 27 heavy (non-hydrogen) atoms. The maximum Gasteiger partial charge on any atom is 0.242 e. The Labute approximate surface area is 166 Å². The number of benzene rings is 2. The van der Waals surface area contributed by atoms with Crippen LogP contribution in [0.2, 0.25) is 5.02 Å². The third-order valence-corrected chi connectivity index (χ3v) is 4.68. The zero-order valence-corrected chi connectivity index (χ0v) is 17.1. The molecular weight excluding hydrogens is 360 g/mol. The van der Waals surface area contributed by atoms with Crippen LogP contribution in [0.4, 0.5) is 0 Å². The van der Waals surface area contributed by atoms with E-state index in [9.17, 15) is 9.59 Å². The summed E-state index contributed by atoms with van der Waals surface area (Å²) in [5.41, 5.74) is 2.92. The van der Waals surface area contributed by atoms with E-state index in [1.54, 1.807) is 17.9 Å². The lowest BCUT2D eigenvalue weighted by atomic mass is 10.0. The number of carbonyl (C=O) groups excluding carboxylic acids is 2. The molecule has 4 nitrogen and oxygen atoms in total. The first-order valence-electron chi connectivity index (χ1n) is 9.16. The second-order valence-electron chi connectivity index (χ2n) is 7.09. The molecule has 1 atom stereocenters. The Morgan fingerprint density at radius 2 is 1.78 bits per heavy atom. The van der Waals surface area contributed by atoms with Crippen molar-refractivity contribution in [1.82, 2.24) is 10.2 Å². The first-order chi connectivity index (χ1) is 12.8. The van der Waals surface area contributed by atoms with Gasteiger partial charge in [-0.3, -0.25) is 9.59 Å². The highest BCUT2D eigenvalue weighted by Crippen LogP contribution is 2.17. The third-order valence-electron chi connectivity index (χ3n) is 4.44. The molecule has 0 heterocycles. The Morgan fingerprint density at radius 1 is 1.07 bits per heavy atom. The van der Waals surface area contributed by atoms with E-state index < -0.39 is 6.04 Å². The summed E-state index contributed by atoms with van der Waals surface area (Å²) in [5, 5.41) is 3.50. The normalized spacial score (nSPS) is 11.9. The van der Waals surface area contributed by atoms with E-state index in [0.29, 0.717) is 11.6 Å². The summed E-state index contributed by atoms with van der Waals surface area (Å²) in [4.78, 5) is 27.3. The van der Waals surface area contributed by atoms with Gasteiger partial charge in [0.1, 0.15) is 6.04 Å². The molecule has 2 amide bonds. The van der Waals surface area contributed by atoms with Crippen molar-refractivity contribution < 1.29 is 9.59 Å². The largest absolute Gasteiger partial charge is 0.352 e. The maximum atomic E-state index is 13.1. The quantitative estimate of drug-likeness (QED) is 0.777. The number of hydrogen-bond donors (Lipinski definition) is 1. The number of hydrogen-bond acceptors (Lipinski definition) is 2. The van der Waals surface area contributed by atoms with E-state index >= 15 is 0 Å². The zero-order chi connectivity index (χ0) is 20.0. The summed E-state index contributed by atoms with van der Waals surface area (Å²) in [7, 11) is 0. The molecule has 0 unspecified atom stereocenters. The Balaban J connectivity index is 2.26. The molecule has 0 bridgehead atoms. The highest BCUT2D eigenvalue weighted by atomic mass is 35.5. The van der Waals surface area contributed by atoms with Gasteiger partial charge in [-0.1, -0.05) is 48.0 Å². The van der Waals surface area contributed by atoms with Gasteiger partial charge in [0.05, 0.1) is 6.42 Å². The lowest BCUT2D eigenvalue weighted by Crippen LogP contribution is -2.49. The van der Waals surface area contributed by atoms with E-state index in [1.165, 1.54) is 0 Å². The van der Waals surface area contributed by atoms with Crippen LogP contribution in [0.1, 0.15) is 37.5 Å². The van der Waals surface area contributed by atoms with Crippen LogP contribution in [0, 0.1) is 6.92 Å². The molecule has 0 aromatic heterocycles. The minimum absolute atomic E-state index is 0.0134. The van der Waals surface area contributed by atoms with E-state index in [-0.39, 0.29) is 24.3 Å². The van der Waals surface area contributed by atoms with Crippen molar-refractivity contribution in [1.29, 1.82) is 0 Å². The van der Waals surface area contributed by atoms with Crippen molar-refractivity contribution in [3.63, 3.8) is 0 Å². The van der Waals surface area contributed by atoms with Gasteiger partial charge in [-0.25, -0.2) is 0 Å². The van der Waals surface area contributed by atoms with Gasteiger partial charge < -0.3 is 10.2 Å². The molecule has 0 aliphatic heterocycles. The van der Waals surface area contributed by atoms with Gasteiger partial charge in [-0.05, 0) is 56.5 Å². The summed E-state index contributed by atoms with van der Waals surface area (Å²) < 4.78 is 0. The first-order valence-corrected chi connectivity index (χ1v) is 9.54. The van der Waals surface area contributed by atoms with Crippen molar-refractivity contribution in [3.05, 3.63) is 70.2 Å². The molecule has 0 spiro atoms. The molecule has 2 aromatic carbocycles. The molecule has 0 saturated heterocycles. The third kappa shape index (κ3) is 6.10. The van der Waals surface area contributed by atoms with Gasteiger partial charge in [0.15, 0.2) is 0 Å². The van der Waals surface area contributed by atoms with Crippen LogP contribution in [0.3, 0.4) is 0 Å². The second kappa shape index (κ2) is 9.56. The Hall–Kier alpha value is -2.33. The summed E-state index contributed by atoms with van der Waals surface area (Å²) in [5.74, 6) is -0.249. The van der Waals surface area contributed by atoms with Crippen LogP contribution in [0.5, 0.6) is 0 Å². The molecule has 2 aromatic rings. The summed E-state index contributed by atoms with van der Waals surface area (Å²) in [6.45, 7) is 7.89. The van der Waals surface area contributed by atoms with E-state index in [0.717, 1.165) is 16.7 Å². The fourth-order valence-corrected chi connectivity index (χ4v) is 3.11. The van der Waals surface area contributed by atoms with Crippen molar-refractivity contribution in [2.45, 2.75) is 52.7 Å². The number of halogens is 1. The van der Waals surface area contributed by atoms with Crippen LogP contribution < -0.4 is 5.32 Å². The summed E-state index contributed by atoms with van der Waals surface area (Å²) >= 11 is 6.09. The molecule has 0 saturated carbocycles. The molecule has 1 N–H and O–H groups in total. The monoisotopic (exact) mass is 386 g/mol. The van der Waals surface area contributed by atoms with Gasteiger partial charge >= 0.3 is 0 Å². The van der Waals surface area contributed by atoms with Crippen molar-refractivity contribution in [3.8, 4) is 0 Å². The Bertz CT molecular complexity index is 804. The van der Waals surface area contributed by atoms with Crippen molar-refractivity contribution in [2.75, 3.05) is 0 Å². The van der Waals surface area contributed by atoms with Crippen LogP contribution >= 0.6 is 11.6 Å². The number of carbonyl (C=O) groups is 2. The SMILES string of the molecule is Cc1ccccc1CC(=O)N(Cc1cccc(Cl)c1)[C@@H](C)C(=O)NC(C)C. The van der Waals surface area contributed by atoms with Crippen molar-refractivity contribution >= 4 is 23.4 Å². The number of aryl methyl sites for hydroxylation is 1. The zero-order valence-electron chi connectivity index (χ0n) is 16.3. The molecule has 0 aliphatic carbocycles. The molecule has 0 fully saturated rings. The van der Waals surface area contributed by atoms with Gasteiger partial charge in [0.25, 0.3) is 0 Å². The highest BCUT2D eigenvalue weighted by Gasteiger charge is 2.26. The summed E-state index contributed by atoms with van der Waals surface area (Å²) in [6.07, 6.45) is 0.256. The Kier molecular flexibility index (Phi) is 7.43. The predicted molar refractivity (Wildman–Crippen MR) is 110 cm³/mol. The lowest BCUT2D eigenvalue weighted by molar-refractivity contribution is -0.140. The van der Waals surface area contributed by atoms with Gasteiger partial charge in [-0.2, -0.15) is 0 Å². The van der Waals surface area contributed by atoms with Crippen LogP contribution in [-0.2, 0) is 22.6 Å². The standard InChI is InChI=1S/C22H27ClN2O2/c1-15(2)24-22(27)17(4)25(14-18-9-7-11-20(23)12-18)21(26)13-19-10-6-5-8-16(19)3/h5-12,15,17H,13-14H2,1-4H3,(H,24,27)/t17-/m0/s1. The van der Waals surface area contributed by atoms with E-state index in [4.69, 9.17) is 11.6 Å². The number of nitrogens with one attached hydrogen (secondary N) is 1. The van der Waals surface area contributed by atoms with Gasteiger partial charge in [-0.15, -0.1) is 0 Å². The second-order valence-corrected chi connectivity index (χ2v) is 7.53. The number of rotatable bonds is 7. The Morgan fingerprint density at radius 3 is 2.41 bits per heavy atom. The lowest BCUT2D eigenvalue weighted by Gasteiger charge is -2.29. The average molecular weight is 387 g/mol. The topological polar surface area (TPSA) is 49.4 Å². The molecule has 5 heteroatoms. The predicted octanol–water partition coefficient (Wildman–Crippen LogP) is 4.13. The number of nitrogens with zero attached hydrogens (tertiary/aromatic N) is 1. The van der Waals surface area contributed by atoms with Crippen LogP contribution in [0.25, 0.3) is 0 Å². The van der Waals surface area contributed by atoms with E-state index in [1.807, 2.05) is 63.2 Å². The minimum atomic E-state index is -0.581. The smallest absolute Gasteiger partial charge is 0.242 e. The molecule has 0 aliphatic rings. The fourth-order valence-electron chi connectivity index (χ4n) is 2.89. The summed E-state index contributed by atoms with van der Waals surface area (Å²) in [6, 6.07) is 14.6. The molecular formula is C22H27ClN2O2. The van der Waals surface area contributed by atoms with Crippen LogP contribution in [0.15, 0.2) is 48.5 Å². The minimum Gasteiger partial charge on any atom is -0.352 e. The average Bonchev–Trinajstić information content (AvgIpc) is 2.60. The van der Waals surface area contributed by atoms with Gasteiger partial charge in [0.2, 0.25) is 11.8 Å².